The molecule has 2 aromatic carbocycles. The maximum absolute atomic E-state index is 13.3. The fourth-order valence-corrected chi connectivity index (χ4v) is 4.29. The summed E-state index contributed by atoms with van der Waals surface area (Å²) in [7, 11) is 0. The lowest BCUT2D eigenvalue weighted by atomic mass is 9.93. The summed E-state index contributed by atoms with van der Waals surface area (Å²) >= 11 is 0. The zero-order valence-electron chi connectivity index (χ0n) is 17.2. The lowest BCUT2D eigenvalue weighted by Crippen LogP contribution is -2.43. The highest BCUT2D eigenvalue weighted by molar-refractivity contribution is 5.81. The first-order chi connectivity index (χ1) is 14.5. The number of rotatable bonds is 5. The molecule has 1 heterocycles. The van der Waals surface area contributed by atoms with Gasteiger partial charge in [0.2, 0.25) is 5.91 Å². The van der Waals surface area contributed by atoms with E-state index in [1.807, 2.05) is 24.0 Å². The third-order valence-electron chi connectivity index (χ3n) is 5.96. The van der Waals surface area contributed by atoms with Crippen molar-refractivity contribution < 1.29 is 9.18 Å². The van der Waals surface area contributed by atoms with E-state index in [0.29, 0.717) is 17.4 Å². The average molecular weight is 407 g/mol. The minimum Gasteiger partial charge on any atom is -0.334 e. The number of fused-ring (bicyclic) bond motifs is 1. The molecule has 0 unspecified atom stereocenters. The van der Waals surface area contributed by atoms with Gasteiger partial charge in [-0.25, -0.2) is 9.37 Å². The summed E-state index contributed by atoms with van der Waals surface area (Å²) in [5.74, 6) is -0.402. The smallest absolute Gasteiger partial charge is 0.261 e. The molecule has 0 saturated heterocycles. The number of carbonyl (C=O) groups excluding carboxylic acids is 1. The quantitative estimate of drug-likeness (QED) is 0.637. The summed E-state index contributed by atoms with van der Waals surface area (Å²) < 4.78 is 14.7. The fourth-order valence-electron chi connectivity index (χ4n) is 4.29. The number of carbonyl (C=O) groups is 1. The van der Waals surface area contributed by atoms with Gasteiger partial charge < -0.3 is 4.90 Å². The van der Waals surface area contributed by atoms with Crippen molar-refractivity contribution in [1.29, 1.82) is 0 Å². The molecule has 1 aliphatic carbocycles. The summed E-state index contributed by atoms with van der Waals surface area (Å²) in [4.78, 5) is 32.5. The zero-order valence-corrected chi connectivity index (χ0v) is 17.2. The second-order valence-corrected chi connectivity index (χ2v) is 8.09. The van der Waals surface area contributed by atoms with E-state index in [-0.39, 0.29) is 29.9 Å². The van der Waals surface area contributed by atoms with Gasteiger partial charge in [0.25, 0.3) is 5.56 Å². The lowest BCUT2D eigenvalue weighted by Gasteiger charge is -2.34. The highest BCUT2D eigenvalue weighted by Gasteiger charge is 2.26. The van der Waals surface area contributed by atoms with Gasteiger partial charge in [-0.15, -0.1) is 0 Å². The van der Waals surface area contributed by atoms with Crippen LogP contribution in [0.4, 0.5) is 4.39 Å². The van der Waals surface area contributed by atoms with Crippen LogP contribution in [0.3, 0.4) is 0 Å². The molecule has 5 nitrogen and oxygen atoms in total. The van der Waals surface area contributed by atoms with Gasteiger partial charge in [0.1, 0.15) is 12.4 Å². The van der Waals surface area contributed by atoms with E-state index >= 15 is 0 Å². The SMILES string of the molecule is Cc1cccc2c(=O)n(CC(=O)N(Cc3ccc(F)cc3)C3CCCCC3)cnc12. The monoisotopic (exact) mass is 407 g/mol. The number of amides is 1. The molecule has 4 rings (SSSR count). The third-order valence-corrected chi connectivity index (χ3v) is 5.96. The van der Waals surface area contributed by atoms with Crippen molar-refractivity contribution in [2.24, 2.45) is 0 Å². The Morgan fingerprint density at radius 1 is 1.13 bits per heavy atom. The van der Waals surface area contributed by atoms with Crippen LogP contribution in [-0.2, 0) is 17.9 Å². The van der Waals surface area contributed by atoms with Gasteiger partial charge in [0, 0.05) is 12.6 Å². The van der Waals surface area contributed by atoms with Gasteiger partial charge in [-0.3, -0.25) is 14.2 Å². The standard InChI is InChI=1S/C24H26FN3O2/c1-17-6-5-9-21-23(17)26-16-27(24(21)30)15-22(29)28(20-7-3-2-4-8-20)14-18-10-12-19(25)13-11-18/h5-6,9-13,16,20H,2-4,7-8,14-15H2,1H3. The van der Waals surface area contributed by atoms with Gasteiger partial charge in [-0.05, 0) is 49.1 Å². The average Bonchev–Trinajstić information content (AvgIpc) is 2.76. The Labute approximate surface area is 175 Å². The molecule has 0 atom stereocenters. The molecule has 0 aliphatic heterocycles. The molecule has 0 bridgehead atoms. The molecule has 1 saturated carbocycles. The van der Waals surface area contributed by atoms with E-state index in [1.165, 1.54) is 29.4 Å². The van der Waals surface area contributed by atoms with Crippen molar-refractivity contribution in [1.82, 2.24) is 14.5 Å². The summed E-state index contributed by atoms with van der Waals surface area (Å²) in [5, 5.41) is 0.521. The van der Waals surface area contributed by atoms with Gasteiger partial charge in [0.15, 0.2) is 0 Å². The van der Waals surface area contributed by atoms with E-state index in [0.717, 1.165) is 36.8 Å². The Morgan fingerprint density at radius 3 is 2.60 bits per heavy atom. The second-order valence-electron chi connectivity index (χ2n) is 8.09. The van der Waals surface area contributed by atoms with Gasteiger partial charge in [-0.2, -0.15) is 0 Å². The molecule has 1 fully saturated rings. The van der Waals surface area contributed by atoms with E-state index in [4.69, 9.17) is 0 Å². The minimum absolute atomic E-state index is 0.0482. The number of para-hydroxylation sites is 1. The number of hydrogen-bond acceptors (Lipinski definition) is 3. The van der Waals surface area contributed by atoms with Crippen LogP contribution in [0, 0.1) is 12.7 Å². The molecular weight excluding hydrogens is 381 g/mol. The van der Waals surface area contributed by atoms with Crippen LogP contribution < -0.4 is 5.56 Å². The summed E-state index contributed by atoms with van der Waals surface area (Å²) in [6.45, 7) is 2.28. The maximum Gasteiger partial charge on any atom is 0.261 e. The van der Waals surface area contributed by atoms with Crippen LogP contribution in [0.2, 0.25) is 0 Å². The molecular formula is C24H26FN3O2. The number of aromatic nitrogens is 2. The van der Waals surface area contributed by atoms with E-state index in [2.05, 4.69) is 4.98 Å². The molecule has 156 valence electrons. The predicted octanol–water partition coefficient (Wildman–Crippen LogP) is 4.21. The van der Waals surface area contributed by atoms with E-state index < -0.39 is 0 Å². The van der Waals surface area contributed by atoms with Crippen molar-refractivity contribution >= 4 is 16.8 Å². The summed E-state index contributed by atoms with van der Waals surface area (Å²) in [5.41, 5.74) is 2.28. The summed E-state index contributed by atoms with van der Waals surface area (Å²) in [6.07, 6.45) is 6.74. The Kier molecular flexibility index (Phi) is 5.93. The first-order valence-corrected chi connectivity index (χ1v) is 10.5. The molecule has 30 heavy (non-hydrogen) atoms. The predicted molar refractivity (Wildman–Crippen MR) is 115 cm³/mol. The highest BCUT2D eigenvalue weighted by atomic mass is 19.1. The Bertz CT molecular complexity index is 1100. The molecule has 1 aliphatic rings. The fraction of sp³-hybridized carbons (Fsp3) is 0.375. The number of halogens is 1. The minimum atomic E-state index is -0.293. The number of nitrogens with zero attached hydrogens (tertiary/aromatic N) is 3. The topological polar surface area (TPSA) is 55.2 Å². The first kappa shape index (κ1) is 20.3. The molecule has 0 spiro atoms. The van der Waals surface area contributed by atoms with Gasteiger partial charge >= 0.3 is 0 Å². The Hall–Kier alpha value is -3.02. The van der Waals surface area contributed by atoms with E-state index in [1.54, 1.807) is 18.2 Å². The lowest BCUT2D eigenvalue weighted by molar-refractivity contribution is -0.135. The van der Waals surface area contributed by atoms with E-state index in [9.17, 15) is 14.0 Å². The third kappa shape index (κ3) is 4.27. The van der Waals surface area contributed by atoms with Crippen LogP contribution in [0.15, 0.2) is 53.6 Å². The summed E-state index contributed by atoms with van der Waals surface area (Å²) in [6, 6.07) is 11.9. The maximum atomic E-state index is 13.3. The molecule has 3 aromatic rings. The molecule has 0 radical (unpaired) electrons. The molecule has 0 N–H and O–H groups in total. The van der Waals surface area contributed by atoms with Crippen molar-refractivity contribution in [2.75, 3.05) is 0 Å². The first-order valence-electron chi connectivity index (χ1n) is 10.5. The number of benzene rings is 2. The van der Waals surface area contributed by atoms with Crippen molar-refractivity contribution in [3.63, 3.8) is 0 Å². The van der Waals surface area contributed by atoms with Crippen LogP contribution >= 0.6 is 0 Å². The molecule has 6 heteroatoms. The molecule has 1 aromatic heterocycles. The van der Waals surface area contributed by atoms with Crippen molar-refractivity contribution in [2.45, 2.75) is 58.2 Å². The van der Waals surface area contributed by atoms with Crippen molar-refractivity contribution in [3.05, 3.63) is 76.1 Å². The largest absolute Gasteiger partial charge is 0.334 e. The van der Waals surface area contributed by atoms with Crippen LogP contribution in [0.25, 0.3) is 10.9 Å². The number of hydrogen-bond donors (Lipinski definition) is 0. The van der Waals surface area contributed by atoms with Crippen LogP contribution in [0.1, 0.15) is 43.2 Å². The Morgan fingerprint density at radius 2 is 1.87 bits per heavy atom. The molecule has 1 amide bonds. The van der Waals surface area contributed by atoms with Crippen LogP contribution in [0.5, 0.6) is 0 Å². The van der Waals surface area contributed by atoms with Gasteiger partial charge in [-0.1, -0.05) is 43.5 Å². The van der Waals surface area contributed by atoms with Gasteiger partial charge in [0.05, 0.1) is 17.2 Å². The zero-order chi connectivity index (χ0) is 21.1. The van der Waals surface area contributed by atoms with Crippen LogP contribution in [-0.4, -0.2) is 26.4 Å². The number of aryl methyl sites for hydroxylation is 1. The normalized spacial score (nSPS) is 14.7. The Balaban J connectivity index is 1.61. The highest BCUT2D eigenvalue weighted by Crippen LogP contribution is 2.24. The second kappa shape index (κ2) is 8.78. The van der Waals surface area contributed by atoms with Crippen molar-refractivity contribution in [3.8, 4) is 0 Å².